The summed E-state index contributed by atoms with van der Waals surface area (Å²) in [6, 6.07) is 13.0. The number of hydrogen-bond acceptors (Lipinski definition) is 3. The monoisotopic (exact) mass is 267 g/mol. The van der Waals surface area contributed by atoms with Crippen molar-refractivity contribution in [3.05, 3.63) is 54.2 Å². The molecule has 4 nitrogen and oxygen atoms in total. The first kappa shape index (κ1) is 12.3. The number of fused-ring (bicyclic) bond motifs is 1. The fraction of sp³-hybridized carbons (Fsp3) is 0.0625. The summed E-state index contributed by atoms with van der Waals surface area (Å²) in [5.41, 5.74) is 1.52. The number of H-pyrrole nitrogens is 1. The first-order chi connectivity index (χ1) is 9.81. The van der Waals surface area contributed by atoms with Crippen LogP contribution in [0.15, 0.2) is 48.7 Å². The quantitative estimate of drug-likeness (QED) is 0.732. The number of aromatic nitrogens is 1. The third-order valence-electron chi connectivity index (χ3n) is 3.11. The molecule has 0 saturated heterocycles. The van der Waals surface area contributed by atoms with Crippen LogP contribution in [0.5, 0.6) is 17.2 Å². The van der Waals surface area contributed by atoms with Gasteiger partial charge in [0, 0.05) is 22.7 Å². The highest BCUT2D eigenvalue weighted by Crippen LogP contribution is 2.32. The van der Waals surface area contributed by atoms with E-state index in [1.807, 2.05) is 42.5 Å². The number of nitrogens with one attached hydrogen (secondary N) is 1. The van der Waals surface area contributed by atoms with Crippen molar-refractivity contribution >= 4 is 17.2 Å². The Kier molecular flexibility index (Phi) is 3.13. The number of aldehydes is 1. The Labute approximate surface area is 115 Å². The smallest absolute Gasteiger partial charge is 0.169 e. The lowest BCUT2D eigenvalue weighted by atomic mass is 10.2. The van der Waals surface area contributed by atoms with Crippen LogP contribution < -0.4 is 9.47 Å². The average Bonchev–Trinajstić information content (AvgIpc) is 2.90. The first-order valence-electron chi connectivity index (χ1n) is 6.19. The van der Waals surface area contributed by atoms with Gasteiger partial charge in [0.1, 0.15) is 5.75 Å². The molecule has 2 aromatic carbocycles. The molecule has 0 bridgehead atoms. The van der Waals surface area contributed by atoms with Gasteiger partial charge in [-0.2, -0.15) is 0 Å². The molecule has 3 rings (SSSR count). The second-order valence-electron chi connectivity index (χ2n) is 4.32. The van der Waals surface area contributed by atoms with Crippen molar-refractivity contribution in [3.8, 4) is 17.2 Å². The van der Waals surface area contributed by atoms with Crippen LogP contribution in [0.25, 0.3) is 10.9 Å². The van der Waals surface area contributed by atoms with Crippen LogP contribution in [0.3, 0.4) is 0 Å². The Bertz CT molecular complexity index is 761. The lowest BCUT2D eigenvalue weighted by Crippen LogP contribution is -1.89. The number of para-hydroxylation sites is 2. The van der Waals surface area contributed by atoms with Crippen molar-refractivity contribution in [3.63, 3.8) is 0 Å². The van der Waals surface area contributed by atoms with Crippen LogP contribution in [-0.4, -0.2) is 18.4 Å². The van der Waals surface area contributed by atoms with Gasteiger partial charge < -0.3 is 14.5 Å². The van der Waals surface area contributed by atoms with E-state index in [-0.39, 0.29) is 0 Å². The van der Waals surface area contributed by atoms with Crippen molar-refractivity contribution in [1.29, 1.82) is 0 Å². The maximum absolute atomic E-state index is 11.0. The number of aromatic amines is 1. The molecule has 0 aliphatic rings. The molecule has 0 saturated carbocycles. The highest BCUT2D eigenvalue weighted by molar-refractivity contribution is 5.97. The average molecular weight is 267 g/mol. The van der Waals surface area contributed by atoms with Crippen LogP contribution in [0, 0.1) is 0 Å². The lowest BCUT2D eigenvalue weighted by molar-refractivity contribution is 0.112. The second kappa shape index (κ2) is 5.09. The van der Waals surface area contributed by atoms with E-state index >= 15 is 0 Å². The standard InChI is InChI=1S/C16H13NO3/c1-19-15-4-2-3-5-16(15)20-12-6-7-14-13(8-12)11(10-18)9-17-14/h2-10,17H,1H3. The van der Waals surface area contributed by atoms with E-state index in [9.17, 15) is 4.79 Å². The highest BCUT2D eigenvalue weighted by atomic mass is 16.5. The van der Waals surface area contributed by atoms with Crippen molar-refractivity contribution < 1.29 is 14.3 Å². The number of ether oxygens (including phenoxy) is 2. The number of methoxy groups -OCH3 is 1. The predicted molar refractivity (Wildman–Crippen MR) is 76.8 cm³/mol. The van der Waals surface area contributed by atoms with E-state index in [4.69, 9.17) is 9.47 Å². The molecule has 3 aromatic rings. The minimum Gasteiger partial charge on any atom is -0.493 e. The zero-order chi connectivity index (χ0) is 13.9. The summed E-state index contributed by atoms with van der Waals surface area (Å²) >= 11 is 0. The predicted octanol–water partition coefficient (Wildman–Crippen LogP) is 3.78. The summed E-state index contributed by atoms with van der Waals surface area (Å²) in [5.74, 6) is 1.96. The number of hydrogen-bond donors (Lipinski definition) is 1. The van der Waals surface area contributed by atoms with Crippen LogP contribution in [0.1, 0.15) is 10.4 Å². The molecule has 1 aromatic heterocycles. The van der Waals surface area contributed by atoms with Crippen molar-refractivity contribution in [2.75, 3.05) is 7.11 Å². The Morgan fingerprint density at radius 1 is 1.10 bits per heavy atom. The van der Waals surface area contributed by atoms with Gasteiger partial charge in [-0.3, -0.25) is 4.79 Å². The highest BCUT2D eigenvalue weighted by Gasteiger charge is 2.07. The zero-order valence-corrected chi connectivity index (χ0v) is 10.9. The third kappa shape index (κ3) is 2.12. The van der Waals surface area contributed by atoms with Crippen molar-refractivity contribution in [1.82, 2.24) is 4.98 Å². The third-order valence-corrected chi connectivity index (χ3v) is 3.11. The Hall–Kier alpha value is -2.75. The van der Waals surface area contributed by atoms with E-state index in [2.05, 4.69) is 4.98 Å². The first-order valence-corrected chi connectivity index (χ1v) is 6.19. The summed E-state index contributed by atoms with van der Waals surface area (Å²) in [4.78, 5) is 14.0. The molecule has 0 unspecified atom stereocenters. The van der Waals surface area contributed by atoms with E-state index < -0.39 is 0 Å². The molecule has 0 aliphatic heterocycles. The van der Waals surface area contributed by atoms with E-state index in [1.165, 1.54) is 0 Å². The number of benzene rings is 2. The fourth-order valence-electron chi connectivity index (χ4n) is 2.11. The summed E-state index contributed by atoms with van der Waals surface area (Å²) < 4.78 is 11.1. The van der Waals surface area contributed by atoms with E-state index in [0.717, 1.165) is 17.2 Å². The van der Waals surface area contributed by atoms with Crippen LogP contribution in [-0.2, 0) is 0 Å². The summed E-state index contributed by atoms with van der Waals surface area (Å²) in [7, 11) is 1.60. The molecule has 0 amide bonds. The molecule has 1 N–H and O–H groups in total. The normalized spacial score (nSPS) is 10.4. The molecule has 0 aliphatic carbocycles. The van der Waals surface area contributed by atoms with Gasteiger partial charge in [-0.05, 0) is 30.3 Å². The number of carbonyl (C=O) groups is 1. The van der Waals surface area contributed by atoms with Gasteiger partial charge in [0.15, 0.2) is 17.8 Å². The molecule has 100 valence electrons. The van der Waals surface area contributed by atoms with Crippen molar-refractivity contribution in [2.24, 2.45) is 0 Å². The topological polar surface area (TPSA) is 51.3 Å². The molecule has 0 atom stereocenters. The van der Waals surface area contributed by atoms with E-state index in [1.54, 1.807) is 13.3 Å². The van der Waals surface area contributed by atoms with Gasteiger partial charge in [-0.1, -0.05) is 12.1 Å². The second-order valence-corrected chi connectivity index (χ2v) is 4.32. The number of rotatable bonds is 4. The largest absolute Gasteiger partial charge is 0.493 e. The number of carbonyl (C=O) groups excluding carboxylic acids is 1. The molecule has 4 heteroatoms. The van der Waals surface area contributed by atoms with E-state index in [0.29, 0.717) is 22.8 Å². The fourth-order valence-corrected chi connectivity index (χ4v) is 2.11. The molecular formula is C16H13NO3. The molecule has 0 radical (unpaired) electrons. The van der Waals surface area contributed by atoms with Gasteiger partial charge in [-0.25, -0.2) is 0 Å². The Balaban J connectivity index is 2.00. The lowest BCUT2D eigenvalue weighted by Gasteiger charge is -2.10. The molecular weight excluding hydrogens is 254 g/mol. The van der Waals surface area contributed by atoms with Crippen LogP contribution in [0.2, 0.25) is 0 Å². The van der Waals surface area contributed by atoms with Crippen molar-refractivity contribution in [2.45, 2.75) is 0 Å². The maximum atomic E-state index is 11.0. The van der Waals surface area contributed by atoms with Gasteiger partial charge >= 0.3 is 0 Å². The van der Waals surface area contributed by atoms with Crippen LogP contribution >= 0.6 is 0 Å². The Morgan fingerprint density at radius 2 is 1.90 bits per heavy atom. The summed E-state index contributed by atoms with van der Waals surface area (Å²) in [5, 5.41) is 0.840. The molecule has 1 heterocycles. The van der Waals surface area contributed by atoms with Gasteiger partial charge in [0.25, 0.3) is 0 Å². The van der Waals surface area contributed by atoms with Gasteiger partial charge in [0.05, 0.1) is 7.11 Å². The SMILES string of the molecule is COc1ccccc1Oc1ccc2[nH]cc(C=O)c2c1. The maximum Gasteiger partial charge on any atom is 0.169 e. The summed E-state index contributed by atoms with van der Waals surface area (Å²) in [6.07, 6.45) is 2.51. The minimum atomic E-state index is 0.616. The zero-order valence-electron chi connectivity index (χ0n) is 10.9. The van der Waals surface area contributed by atoms with Gasteiger partial charge in [0.2, 0.25) is 0 Å². The van der Waals surface area contributed by atoms with Gasteiger partial charge in [-0.15, -0.1) is 0 Å². The summed E-state index contributed by atoms with van der Waals surface area (Å²) in [6.45, 7) is 0. The molecule has 0 fully saturated rings. The Morgan fingerprint density at radius 3 is 2.65 bits per heavy atom. The molecule has 0 spiro atoms. The molecule has 20 heavy (non-hydrogen) atoms. The minimum absolute atomic E-state index is 0.616. The van der Waals surface area contributed by atoms with Crippen LogP contribution in [0.4, 0.5) is 0 Å².